The van der Waals surface area contributed by atoms with Gasteiger partial charge in [0.25, 0.3) is 0 Å². The van der Waals surface area contributed by atoms with Crippen molar-refractivity contribution in [2.75, 3.05) is 0 Å². The number of alkyl halides is 6. The minimum atomic E-state index is -1.76. The molecule has 2 aliphatic carbocycles. The Morgan fingerprint density at radius 1 is 0.688 bits per heavy atom. The Morgan fingerprint density at radius 3 is 1.25 bits per heavy atom. The lowest BCUT2D eigenvalue weighted by atomic mass is 10.1. The summed E-state index contributed by atoms with van der Waals surface area (Å²) in [5, 5.41) is -3.22. The average Bonchev–Trinajstić information content (AvgIpc) is 2.73. The summed E-state index contributed by atoms with van der Waals surface area (Å²) in [6.07, 6.45) is 0. The maximum Gasteiger partial charge on any atom is 0.216 e. The fourth-order valence-electron chi connectivity index (χ4n) is 2.25. The van der Waals surface area contributed by atoms with Crippen molar-refractivity contribution in [2.45, 2.75) is 24.2 Å². The van der Waals surface area contributed by atoms with Gasteiger partial charge in [0.2, 0.25) is 10.1 Å². The van der Waals surface area contributed by atoms with E-state index in [1.807, 2.05) is 0 Å². The monoisotopic (exact) mass is 380 g/mol. The minimum Gasteiger partial charge on any atom is -0.324 e. The van der Waals surface area contributed by atoms with Crippen LogP contribution in [-0.2, 0) is 4.74 Å². The highest BCUT2D eigenvalue weighted by Crippen LogP contribution is 2.89. The van der Waals surface area contributed by atoms with Crippen molar-refractivity contribution in [1.82, 2.24) is 0 Å². The van der Waals surface area contributed by atoms with Gasteiger partial charge in [-0.15, -0.1) is 23.2 Å². The zero-order chi connectivity index (χ0) is 12.4. The maximum atomic E-state index is 6.28. The molecule has 0 aromatic rings. The van der Waals surface area contributed by atoms with E-state index < -0.39 is 24.2 Å². The first kappa shape index (κ1) is 13.0. The van der Waals surface area contributed by atoms with Crippen LogP contribution in [0.4, 0.5) is 0 Å². The van der Waals surface area contributed by atoms with Crippen LogP contribution in [0.1, 0.15) is 0 Å². The van der Waals surface area contributed by atoms with Crippen LogP contribution in [0.15, 0.2) is 10.1 Å². The van der Waals surface area contributed by atoms with Crippen LogP contribution in [0.3, 0.4) is 0 Å². The van der Waals surface area contributed by atoms with Crippen molar-refractivity contribution < 1.29 is 4.74 Å². The van der Waals surface area contributed by atoms with Crippen LogP contribution < -0.4 is 0 Å². The molecule has 0 amide bonds. The lowest BCUT2D eigenvalue weighted by molar-refractivity contribution is 0.250. The summed E-state index contributed by atoms with van der Waals surface area (Å²) >= 11 is 49.1. The first-order valence-corrected chi connectivity index (χ1v) is 6.94. The van der Waals surface area contributed by atoms with Gasteiger partial charge < -0.3 is 4.74 Å². The predicted molar refractivity (Wildman–Crippen MR) is 68.6 cm³/mol. The summed E-state index contributed by atoms with van der Waals surface area (Å²) in [6.45, 7) is 0. The molecule has 1 saturated heterocycles. The molecular weight excluding hydrogens is 384 g/mol. The normalized spacial score (nSPS) is 61.5. The van der Waals surface area contributed by atoms with Crippen LogP contribution in [0.25, 0.3) is 0 Å². The molecule has 3 rings (SSSR count). The molecular formula is C7Cl8O. The number of hydrogen-bond donors (Lipinski definition) is 0. The third-order valence-electron chi connectivity index (χ3n) is 3.20. The third kappa shape index (κ3) is 0.805. The van der Waals surface area contributed by atoms with E-state index in [1.54, 1.807) is 0 Å². The average molecular weight is 384 g/mol. The van der Waals surface area contributed by atoms with E-state index in [0.717, 1.165) is 0 Å². The Hall–Kier alpha value is 2.02. The number of hydrogen-bond acceptors (Lipinski definition) is 1. The van der Waals surface area contributed by atoms with E-state index in [2.05, 4.69) is 0 Å². The lowest BCUT2D eigenvalue weighted by Gasteiger charge is -2.35. The molecule has 1 aliphatic heterocycles. The zero-order valence-electron chi connectivity index (χ0n) is 6.93. The van der Waals surface area contributed by atoms with E-state index in [1.165, 1.54) is 0 Å². The first-order valence-electron chi connectivity index (χ1n) is 3.92. The topological polar surface area (TPSA) is 12.5 Å². The van der Waals surface area contributed by atoms with E-state index in [9.17, 15) is 0 Å². The molecule has 1 saturated carbocycles. The van der Waals surface area contributed by atoms with Gasteiger partial charge in [-0.3, -0.25) is 0 Å². The summed E-state index contributed by atoms with van der Waals surface area (Å²) in [4.78, 5) is -3.35. The largest absolute Gasteiger partial charge is 0.324 e. The van der Waals surface area contributed by atoms with Crippen LogP contribution in [0.2, 0.25) is 0 Å². The molecule has 0 aromatic carbocycles. The molecule has 0 aromatic heterocycles. The second-order valence-corrected chi connectivity index (χ2v) is 8.09. The zero-order valence-corrected chi connectivity index (χ0v) is 13.0. The molecule has 4 atom stereocenters. The van der Waals surface area contributed by atoms with Crippen LogP contribution in [0, 0.1) is 0 Å². The van der Waals surface area contributed by atoms with Crippen molar-refractivity contribution in [3.05, 3.63) is 10.1 Å². The molecule has 9 heteroatoms. The minimum absolute atomic E-state index is 0.0420. The molecule has 1 nitrogen and oxygen atoms in total. The Morgan fingerprint density at radius 2 is 1.00 bits per heavy atom. The highest BCUT2D eigenvalue weighted by atomic mass is 35.5. The molecule has 16 heavy (non-hydrogen) atoms. The molecule has 0 N–H and O–H groups in total. The van der Waals surface area contributed by atoms with Gasteiger partial charge in [0.05, 0.1) is 10.1 Å². The van der Waals surface area contributed by atoms with Crippen LogP contribution in [-0.4, -0.2) is 24.2 Å². The van der Waals surface area contributed by atoms with Gasteiger partial charge in [-0.05, 0) is 0 Å². The van der Waals surface area contributed by atoms with Crippen LogP contribution in [0.5, 0.6) is 0 Å². The number of epoxide rings is 1. The second-order valence-electron chi connectivity index (χ2n) is 3.81. The van der Waals surface area contributed by atoms with Gasteiger partial charge in [-0.25, -0.2) is 0 Å². The Kier molecular flexibility index (Phi) is 2.34. The molecule has 2 fully saturated rings. The summed E-state index contributed by atoms with van der Waals surface area (Å²) in [5.74, 6) is 0. The van der Waals surface area contributed by atoms with Gasteiger partial charge in [0.1, 0.15) is 0 Å². The Labute approximate surface area is 131 Å². The van der Waals surface area contributed by atoms with E-state index in [0.29, 0.717) is 0 Å². The fraction of sp³-hybridized carbons (Fsp3) is 0.714. The van der Waals surface area contributed by atoms with Crippen LogP contribution >= 0.6 is 92.8 Å². The number of fused-ring (bicyclic) bond motifs is 5. The second kappa shape index (κ2) is 2.87. The smallest absolute Gasteiger partial charge is 0.216 e. The number of ether oxygens (including phenoxy) is 1. The maximum absolute atomic E-state index is 6.28. The first-order chi connectivity index (χ1) is 7.02. The summed E-state index contributed by atoms with van der Waals surface area (Å²) in [6, 6.07) is 0. The van der Waals surface area contributed by atoms with Gasteiger partial charge in [0.15, 0.2) is 14.1 Å². The van der Waals surface area contributed by atoms with Gasteiger partial charge in [0, 0.05) is 0 Å². The van der Waals surface area contributed by atoms with Crippen molar-refractivity contribution in [3.63, 3.8) is 0 Å². The summed E-state index contributed by atoms with van der Waals surface area (Å²) in [5.41, 5.74) is 0. The molecule has 2 bridgehead atoms. The quantitative estimate of drug-likeness (QED) is 0.435. The number of rotatable bonds is 0. The predicted octanol–water partition coefficient (Wildman–Crippen LogP) is 4.73. The molecule has 0 unspecified atom stereocenters. The van der Waals surface area contributed by atoms with Gasteiger partial charge >= 0.3 is 0 Å². The summed E-state index contributed by atoms with van der Waals surface area (Å²) < 4.78 is 3.42. The van der Waals surface area contributed by atoms with E-state index in [4.69, 9.17) is 97.5 Å². The van der Waals surface area contributed by atoms with Crippen molar-refractivity contribution >= 4 is 92.8 Å². The summed E-state index contributed by atoms with van der Waals surface area (Å²) in [7, 11) is 0. The number of halogens is 8. The molecule has 1 heterocycles. The van der Waals surface area contributed by atoms with E-state index >= 15 is 0 Å². The molecule has 90 valence electrons. The highest BCUT2D eigenvalue weighted by Gasteiger charge is 3.03. The SMILES string of the molecule is ClC1=C(Cl)[C@@]2(Cl)C(Cl)(Cl)[C@@]1(Cl)[C@]1(Cl)O[C@]12Cl. The van der Waals surface area contributed by atoms with Crippen molar-refractivity contribution in [1.29, 1.82) is 0 Å². The Balaban J connectivity index is 2.41. The Bertz CT molecular complexity index is 423. The highest BCUT2D eigenvalue weighted by molar-refractivity contribution is 6.70. The fourth-order valence-corrected chi connectivity index (χ4v) is 6.57. The standard InChI is InChI=1S/C7Cl8O/c8-1-2(9)4(11)5(12,13)3(1,10)6(14)7(4,15)16-6/t3-,4-,6+,7+/m1/s1. The van der Waals surface area contributed by atoms with Gasteiger partial charge in [-0.2, -0.15) is 0 Å². The van der Waals surface area contributed by atoms with Gasteiger partial charge in [-0.1, -0.05) is 69.6 Å². The van der Waals surface area contributed by atoms with Crippen molar-refractivity contribution in [3.8, 4) is 0 Å². The van der Waals surface area contributed by atoms with E-state index in [-0.39, 0.29) is 10.1 Å². The van der Waals surface area contributed by atoms with Crippen molar-refractivity contribution in [2.24, 2.45) is 0 Å². The molecule has 0 radical (unpaired) electrons. The lowest BCUT2D eigenvalue weighted by Crippen LogP contribution is -2.50. The third-order valence-corrected chi connectivity index (χ3v) is 8.98. The molecule has 0 spiro atoms. The molecule has 3 aliphatic rings.